The van der Waals surface area contributed by atoms with Crippen molar-refractivity contribution in [3.05, 3.63) is 59.7 Å². The van der Waals surface area contributed by atoms with Crippen LogP contribution in [0, 0.1) is 0 Å². The summed E-state index contributed by atoms with van der Waals surface area (Å²) in [5.74, 6) is -0.0887. The van der Waals surface area contributed by atoms with E-state index >= 15 is 0 Å². The van der Waals surface area contributed by atoms with Gasteiger partial charge in [0.2, 0.25) is 0 Å². The molecule has 23 heavy (non-hydrogen) atoms. The van der Waals surface area contributed by atoms with Crippen LogP contribution < -0.4 is 15.0 Å². The quantitative estimate of drug-likeness (QED) is 0.784. The standard InChI is InChI=1S/C18H22N2O3/c1-20(13-14-6-4-3-5-7-14)16-9-8-15(10-17(16)23-2)11-19-12-18(21)22/h3-10,19H,11-13H2,1-2H3,(H,21,22). The van der Waals surface area contributed by atoms with Gasteiger partial charge in [-0.1, -0.05) is 36.4 Å². The number of nitrogens with one attached hydrogen (secondary N) is 1. The van der Waals surface area contributed by atoms with Gasteiger partial charge in [0.1, 0.15) is 5.75 Å². The summed E-state index contributed by atoms with van der Waals surface area (Å²) in [6.45, 7) is 1.22. The number of rotatable bonds is 8. The Morgan fingerprint density at radius 2 is 1.91 bits per heavy atom. The molecular formula is C18H22N2O3. The molecule has 0 atom stereocenters. The number of carboxylic acids is 1. The van der Waals surface area contributed by atoms with Gasteiger partial charge in [-0.2, -0.15) is 0 Å². The smallest absolute Gasteiger partial charge is 0.317 e. The molecule has 0 spiro atoms. The summed E-state index contributed by atoms with van der Waals surface area (Å²) in [6.07, 6.45) is 0. The largest absolute Gasteiger partial charge is 0.495 e. The third kappa shape index (κ3) is 5.00. The Morgan fingerprint density at radius 1 is 1.17 bits per heavy atom. The van der Waals surface area contributed by atoms with Gasteiger partial charge < -0.3 is 20.1 Å². The second kappa shape index (κ2) is 8.19. The van der Waals surface area contributed by atoms with E-state index in [2.05, 4.69) is 22.3 Å². The molecule has 0 aromatic heterocycles. The lowest BCUT2D eigenvalue weighted by Crippen LogP contribution is -2.22. The minimum absolute atomic E-state index is 0.0576. The number of hydrogen-bond acceptors (Lipinski definition) is 4. The summed E-state index contributed by atoms with van der Waals surface area (Å²) in [5.41, 5.74) is 3.21. The fourth-order valence-corrected chi connectivity index (χ4v) is 2.40. The van der Waals surface area contributed by atoms with Crippen molar-refractivity contribution in [2.45, 2.75) is 13.1 Å². The summed E-state index contributed by atoms with van der Waals surface area (Å²) in [4.78, 5) is 12.7. The Morgan fingerprint density at radius 3 is 2.57 bits per heavy atom. The van der Waals surface area contributed by atoms with Crippen molar-refractivity contribution in [2.75, 3.05) is 25.6 Å². The molecule has 2 rings (SSSR count). The van der Waals surface area contributed by atoms with E-state index in [4.69, 9.17) is 9.84 Å². The number of aliphatic carboxylic acids is 1. The Kier molecular flexibility index (Phi) is 6.00. The first-order valence-corrected chi connectivity index (χ1v) is 7.44. The lowest BCUT2D eigenvalue weighted by atomic mass is 10.1. The molecule has 0 amide bonds. The van der Waals surface area contributed by atoms with Gasteiger partial charge in [-0.05, 0) is 23.3 Å². The van der Waals surface area contributed by atoms with E-state index in [-0.39, 0.29) is 6.54 Å². The van der Waals surface area contributed by atoms with Gasteiger partial charge in [0.05, 0.1) is 19.3 Å². The third-order valence-corrected chi connectivity index (χ3v) is 3.52. The van der Waals surface area contributed by atoms with E-state index in [1.165, 1.54) is 5.56 Å². The second-order valence-electron chi connectivity index (χ2n) is 5.35. The molecule has 0 aliphatic carbocycles. The van der Waals surface area contributed by atoms with Crippen LogP contribution in [0.2, 0.25) is 0 Å². The van der Waals surface area contributed by atoms with Crippen molar-refractivity contribution in [3.8, 4) is 5.75 Å². The molecule has 2 aromatic rings. The predicted molar refractivity (Wildman–Crippen MR) is 90.9 cm³/mol. The third-order valence-electron chi connectivity index (χ3n) is 3.52. The fraction of sp³-hybridized carbons (Fsp3) is 0.278. The number of hydrogen-bond donors (Lipinski definition) is 2. The van der Waals surface area contributed by atoms with Crippen molar-refractivity contribution in [3.63, 3.8) is 0 Å². The van der Waals surface area contributed by atoms with Crippen LogP contribution >= 0.6 is 0 Å². The summed E-state index contributed by atoms with van der Waals surface area (Å²) in [6, 6.07) is 16.2. The maximum atomic E-state index is 10.5. The molecule has 122 valence electrons. The van der Waals surface area contributed by atoms with Crippen LogP contribution in [0.5, 0.6) is 5.75 Å². The zero-order valence-electron chi connectivity index (χ0n) is 13.5. The molecule has 5 heteroatoms. The van der Waals surface area contributed by atoms with Crippen molar-refractivity contribution >= 4 is 11.7 Å². The summed E-state index contributed by atoms with van der Waals surface area (Å²) < 4.78 is 5.49. The molecule has 0 aliphatic rings. The Balaban J connectivity index is 2.07. The predicted octanol–water partition coefficient (Wildman–Crippen LogP) is 2.51. The van der Waals surface area contributed by atoms with Gasteiger partial charge in [0, 0.05) is 20.1 Å². The van der Waals surface area contributed by atoms with E-state index in [0.717, 1.165) is 23.5 Å². The van der Waals surface area contributed by atoms with Crippen molar-refractivity contribution < 1.29 is 14.6 Å². The highest BCUT2D eigenvalue weighted by Crippen LogP contribution is 2.29. The summed E-state index contributed by atoms with van der Waals surface area (Å²) in [7, 11) is 3.66. The first-order chi connectivity index (χ1) is 11.1. The average molecular weight is 314 g/mol. The van der Waals surface area contributed by atoms with Gasteiger partial charge in [-0.25, -0.2) is 0 Å². The molecule has 0 saturated heterocycles. The zero-order valence-corrected chi connectivity index (χ0v) is 13.5. The van der Waals surface area contributed by atoms with E-state index < -0.39 is 5.97 Å². The molecule has 0 bridgehead atoms. The number of methoxy groups -OCH3 is 1. The fourth-order valence-electron chi connectivity index (χ4n) is 2.40. The second-order valence-corrected chi connectivity index (χ2v) is 5.35. The lowest BCUT2D eigenvalue weighted by Gasteiger charge is -2.22. The zero-order chi connectivity index (χ0) is 16.7. The van der Waals surface area contributed by atoms with Crippen molar-refractivity contribution in [1.82, 2.24) is 5.32 Å². The summed E-state index contributed by atoms with van der Waals surface area (Å²) in [5, 5.41) is 11.5. The number of nitrogens with zero attached hydrogens (tertiary/aromatic N) is 1. The number of carbonyl (C=O) groups is 1. The number of ether oxygens (including phenoxy) is 1. The monoisotopic (exact) mass is 314 g/mol. The number of anilines is 1. The number of benzene rings is 2. The van der Waals surface area contributed by atoms with Gasteiger partial charge in [-0.3, -0.25) is 4.79 Å². The van der Waals surface area contributed by atoms with Gasteiger partial charge >= 0.3 is 5.97 Å². The molecule has 0 heterocycles. The van der Waals surface area contributed by atoms with E-state index in [1.54, 1.807) is 7.11 Å². The maximum absolute atomic E-state index is 10.5. The topological polar surface area (TPSA) is 61.8 Å². The van der Waals surface area contributed by atoms with Crippen molar-refractivity contribution in [1.29, 1.82) is 0 Å². The van der Waals surface area contributed by atoms with Crippen LogP contribution in [-0.4, -0.2) is 31.8 Å². The van der Waals surface area contributed by atoms with Gasteiger partial charge in [0.15, 0.2) is 0 Å². The van der Waals surface area contributed by atoms with Gasteiger partial charge in [-0.15, -0.1) is 0 Å². The highest BCUT2D eigenvalue weighted by Gasteiger charge is 2.10. The van der Waals surface area contributed by atoms with E-state index in [1.807, 2.05) is 43.4 Å². The molecule has 0 aliphatic heterocycles. The summed E-state index contributed by atoms with van der Waals surface area (Å²) >= 11 is 0. The Hall–Kier alpha value is -2.53. The molecule has 0 radical (unpaired) electrons. The van der Waals surface area contributed by atoms with Gasteiger partial charge in [0.25, 0.3) is 0 Å². The molecular weight excluding hydrogens is 292 g/mol. The molecule has 2 N–H and O–H groups in total. The maximum Gasteiger partial charge on any atom is 0.317 e. The number of carboxylic acid groups (broad SMARTS) is 1. The highest BCUT2D eigenvalue weighted by molar-refractivity contribution is 5.69. The van der Waals surface area contributed by atoms with Crippen molar-refractivity contribution in [2.24, 2.45) is 0 Å². The molecule has 0 fully saturated rings. The Labute approximate surface area is 136 Å². The lowest BCUT2D eigenvalue weighted by molar-refractivity contribution is -0.135. The highest BCUT2D eigenvalue weighted by atomic mass is 16.5. The van der Waals surface area contributed by atoms with Crippen LogP contribution in [0.1, 0.15) is 11.1 Å². The van der Waals surface area contributed by atoms with E-state index in [0.29, 0.717) is 6.54 Å². The first-order valence-electron chi connectivity index (χ1n) is 7.44. The molecule has 5 nitrogen and oxygen atoms in total. The minimum atomic E-state index is -0.865. The van der Waals surface area contributed by atoms with Crippen LogP contribution in [0.25, 0.3) is 0 Å². The van der Waals surface area contributed by atoms with Crippen LogP contribution in [-0.2, 0) is 17.9 Å². The minimum Gasteiger partial charge on any atom is -0.495 e. The Bertz CT molecular complexity index is 644. The van der Waals surface area contributed by atoms with Crippen LogP contribution in [0.4, 0.5) is 5.69 Å². The average Bonchev–Trinajstić information content (AvgIpc) is 2.55. The normalized spacial score (nSPS) is 10.3. The molecule has 0 unspecified atom stereocenters. The SMILES string of the molecule is COc1cc(CNCC(=O)O)ccc1N(C)Cc1ccccc1. The molecule has 0 saturated carbocycles. The van der Waals surface area contributed by atoms with Crippen LogP contribution in [0.3, 0.4) is 0 Å². The molecule has 2 aromatic carbocycles. The van der Waals surface area contributed by atoms with E-state index in [9.17, 15) is 4.79 Å². The first kappa shape index (κ1) is 16.8. The van der Waals surface area contributed by atoms with Crippen LogP contribution in [0.15, 0.2) is 48.5 Å².